The summed E-state index contributed by atoms with van der Waals surface area (Å²) in [4.78, 5) is 39.4. The standard InChI is InChI=1S/C30H32N4O5.ClH/c1-3-33-29(36)22-5-4-6-24(15-22)34-25(16-23(30(34)37)17-27(35)38-2)18-39-26-13-11-20(12-14-26)19-7-9-21(10-8-19)28(31)32;/h4-15,23,25H,3,16-18H2,1-2H3,(H3,31,32)(H,33,36);1H/t23-,25-;/m0./s1. The molecule has 0 spiro atoms. The molecule has 0 aromatic heterocycles. The van der Waals surface area contributed by atoms with Gasteiger partial charge in [0.2, 0.25) is 5.91 Å². The first-order chi connectivity index (χ1) is 18.8. The number of esters is 1. The van der Waals surface area contributed by atoms with Gasteiger partial charge >= 0.3 is 5.97 Å². The fourth-order valence-corrected chi connectivity index (χ4v) is 4.68. The summed E-state index contributed by atoms with van der Waals surface area (Å²) in [6, 6.07) is 21.6. The van der Waals surface area contributed by atoms with E-state index in [9.17, 15) is 14.4 Å². The number of amides is 2. The Kier molecular flexibility index (Phi) is 10.3. The minimum atomic E-state index is -0.542. The number of benzene rings is 3. The molecular weight excluding hydrogens is 532 g/mol. The van der Waals surface area contributed by atoms with Crippen LogP contribution in [0, 0.1) is 11.3 Å². The Morgan fingerprint density at radius 1 is 1.02 bits per heavy atom. The molecule has 3 aromatic rings. The number of rotatable bonds is 10. The number of nitrogens with one attached hydrogen (secondary N) is 2. The number of anilines is 1. The first-order valence-electron chi connectivity index (χ1n) is 12.8. The number of hydrogen-bond donors (Lipinski definition) is 3. The molecule has 1 fully saturated rings. The van der Waals surface area contributed by atoms with Crippen molar-refractivity contribution in [3.05, 3.63) is 83.9 Å². The lowest BCUT2D eigenvalue weighted by Gasteiger charge is -2.25. The molecule has 40 heavy (non-hydrogen) atoms. The van der Waals surface area contributed by atoms with Crippen molar-refractivity contribution in [2.75, 3.05) is 25.2 Å². The number of amidine groups is 1. The number of methoxy groups -OCH3 is 1. The van der Waals surface area contributed by atoms with E-state index in [1.807, 2.05) is 43.3 Å². The van der Waals surface area contributed by atoms with Gasteiger partial charge in [-0.3, -0.25) is 19.8 Å². The van der Waals surface area contributed by atoms with Crippen LogP contribution in [0.5, 0.6) is 5.75 Å². The molecule has 1 saturated heterocycles. The smallest absolute Gasteiger partial charge is 0.306 e. The van der Waals surface area contributed by atoms with Gasteiger partial charge in [0.05, 0.1) is 25.5 Å². The number of nitrogen functional groups attached to an aromatic ring is 1. The van der Waals surface area contributed by atoms with Gasteiger partial charge in [-0.05, 0) is 54.8 Å². The summed E-state index contributed by atoms with van der Waals surface area (Å²) in [5.74, 6) is -0.752. The van der Waals surface area contributed by atoms with E-state index in [-0.39, 0.29) is 49.1 Å². The molecular formula is C30H33ClN4O5. The lowest BCUT2D eigenvalue weighted by Crippen LogP contribution is -2.38. The van der Waals surface area contributed by atoms with Crippen LogP contribution in [0.1, 0.15) is 35.7 Å². The summed E-state index contributed by atoms with van der Waals surface area (Å²) in [5.41, 5.74) is 9.19. The summed E-state index contributed by atoms with van der Waals surface area (Å²) in [6.45, 7) is 2.54. The van der Waals surface area contributed by atoms with E-state index in [0.29, 0.717) is 35.5 Å². The Morgan fingerprint density at radius 3 is 2.27 bits per heavy atom. The molecule has 0 radical (unpaired) electrons. The number of nitrogens with two attached hydrogens (primary N) is 1. The lowest BCUT2D eigenvalue weighted by molar-refractivity contribution is -0.143. The molecule has 210 valence electrons. The van der Waals surface area contributed by atoms with Gasteiger partial charge in [0.25, 0.3) is 5.91 Å². The number of carbonyl (C=O) groups is 3. The predicted octanol–water partition coefficient (Wildman–Crippen LogP) is 4.17. The third-order valence-electron chi connectivity index (χ3n) is 6.70. The number of nitrogens with zero attached hydrogens (tertiary/aromatic N) is 1. The van der Waals surface area contributed by atoms with Crippen molar-refractivity contribution >= 4 is 41.7 Å². The monoisotopic (exact) mass is 564 g/mol. The predicted molar refractivity (Wildman–Crippen MR) is 156 cm³/mol. The molecule has 4 rings (SSSR count). The topological polar surface area (TPSA) is 135 Å². The highest BCUT2D eigenvalue weighted by Crippen LogP contribution is 2.34. The van der Waals surface area contributed by atoms with Gasteiger partial charge in [-0.2, -0.15) is 0 Å². The highest BCUT2D eigenvalue weighted by atomic mass is 35.5. The summed E-state index contributed by atoms with van der Waals surface area (Å²) in [5, 5.41) is 10.3. The van der Waals surface area contributed by atoms with Crippen LogP contribution >= 0.6 is 12.4 Å². The highest BCUT2D eigenvalue weighted by molar-refractivity contribution is 6.01. The normalized spacial score (nSPS) is 16.1. The van der Waals surface area contributed by atoms with Gasteiger partial charge in [0.1, 0.15) is 18.2 Å². The number of halogens is 1. The van der Waals surface area contributed by atoms with Gasteiger partial charge in [-0.15, -0.1) is 12.4 Å². The fourth-order valence-electron chi connectivity index (χ4n) is 4.68. The lowest BCUT2D eigenvalue weighted by atomic mass is 10.0. The van der Waals surface area contributed by atoms with E-state index < -0.39 is 11.9 Å². The summed E-state index contributed by atoms with van der Waals surface area (Å²) < 4.78 is 10.9. The molecule has 9 nitrogen and oxygen atoms in total. The molecule has 1 aliphatic rings. The van der Waals surface area contributed by atoms with Gasteiger partial charge < -0.3 is 25.4 Å². The Bertz CT molecular complexity index is 1360. The van der Waals surface area contributed by atoms with E-state index in [1.54, 1.807) is 41.3 Å². The Balaban J connectivity index is 0.00000441. The van der Waals surface area contributed by atoms with Gasteiger partial charge in [0, 0.05) is 23.4 Å². The van der Waals surface area contributed by atoms with E-state index in [4.69, 9.17) is 20.6 Å². The molecule has 10 heteroatoms. The summed E-state index contributed by atoms with van der Waals surface area (Å²) in [7, 11) is 1.30. The van der Waals surface area contributed by atoms with Crippen molar-refractivity contribution in [1.29, 1.82) is 5.41 Å². The van der Waals surface area contributed by atoms with Crippen molar-refractivity contribution in [3.63, 3.8) is 0 Å². The highest BCUT2D eigenvalue weighted by Gasteiger charge is 2.42. The summed E-state index contributed by atoms with van der Waals surface area (Å²) in [6.07, 6.45) is 0.398. The van der Waals surface area contributed by atoms with Crippen LogP contribution in [0.4, 0.5) is 5.69 Å². The van der Waals surface area contributed by atoms with Gasteiger partial charge in [-0.25, -0.2) is 0 Å². The van der Waals surface area contributed by atoms with Crippen LogP contribution in [0.25, 0.3) is 11.1 Å². The summed E-state index contributed by atoms with van der Waals surface area (Å²) >= 11 is 0. The molecule has 2 amide bonds. The van der Waals surface area contributed by atoms with Crippen molar-refractivity contribution in [3.8, 4) is 16.9 Å². The third kappa shape index (κ3) is 6.98. The van der Waals surface area contributed by atoms with E-state index in [2.05, 4.69) is 5.32 Å². The van der Waals surface area contributed by atoms with Crippen LogP contribution in [-0.4, -0.2) is 49.9 Å². The second-order valence-electron chi connectivity index (χ2n) is 9.31. The molecule has 1 heterocycles. The number of carbonyl (C=O) groups excluding carboxylic acids is 3. The minimum absolute atomic E-state index is 0. The molecule has 0 bridgehead atoms. The zero-order valence-corrected chi connectivity index (χ0v) is 23.2. The van der Waals surface area contributed by atoms with Crippen LogP contribution in [0.15, 0.2) is 72.8 Å². The number of ether oxygens (including phenoxy) is 2. The molecule has 2 atom stereocenters. The average molecular weight is 565 g/mol. The van der Waals surface area contributed by atoms with Gasteiger partial charge in [-0.1, -0.05) is 42.5 Å². The molecule has 0 aliphatic carbocycles. The Morgan fingerprint density at radius 2 is 1.68 bits per heavy atom. The maximum absolute atomic E-state index is 13.4. The number of hydrogen-bond acceptors (Lipinski definition) is 6. The maximum atomic E-state index is 13.4. The Hall–Kier alpha value is -4.37. The van der Waals surface area contributed by atoms with Crippen LogP contribution in [0.2, 0.25) is 0 Å². The molecule has 1 aliphatic heterocycles. The quantitative estimate of drug-likeness (QED) is 0.192. The van der Waals surface area contributed by atoms with Gasteiger partial charge in [0.15, 0.2) is 0 Å². The van der Waals surface area contributed by atoms with E-state index in [1.165, 1.54) is 7.11 Å². The molecule has 0 saturated carbocycles. The van der Waals surface area contributed by atoms with Crippen LogP contribution in [-0.2, 0) is 14.3 Å². The first-order valence-corrected chi connectivity index (χ1v) is 12.8. The van der Waals surface area contributed by atoms with Crippen molar-refractivity contribution in [2.24, 2.45) is 11.7 Å². The van der Waals surface area contributed by atoms with Crippen molar-refractivity contribution in [1.82, 2.24) is 5.32 Å². The zero-order chi connectivity index (χ0) is 27.9. The molecule has 3 aromatic carbocycles. The van der Waals surface area contributed by atoms with Crippen LogP contribution in [0.3, 0.4) is 0 Å². The van der Waals surface area contributed by atoms with E-state index in [0.717, 1.165) is 11.1 Å². The van der Waals surface area contributed by atoms with Crippen molar-refractivity contribution in [2.45, 2.75) is 25.8 Å². The van der Waals surface area contributed by atoms with Crippen LogP contribution < -0.4 is 20.7 Å². The SMILES string of the molecule is CCNC(=O)c1cccc(N2C(=O)[C@H](CC(=O)OC)C[C@H]2COc2ccc(-c3ccc(C(=N)N)cc3)cc2)c1.Cl. The molecule has 4 N–H and O–H groups in total. The minimum Gasteiger partial charge on any atom is -0.491 e. The maximum Gasteiger partial charge on any atom is 0.306 e. The Labute approximate surface area is 239 Å². The fraction of sp³-hybridized carbons (Fsp3) is 0.267. The third-order valence-corrected chi connectivity index (χ3v) is 6.70. The van der Waals surface area contributed by atoms with E-state index >= 15 is 0 Å². The second-order valence-corrected chi connectivity index (χ2v) is 9.31. The molecule has 0 unspecified atom stereocenters. The largest absolute Gasteiger partial charge is 0.491 e. The first kappa shape index (κ1) is 30.2. The zero-order valence-electron chi connectivity index (χ0n) is 22.4. The second kappa shape index (κ2) is 13.6. The average Bonchev–Trinajstić information content (AvgIpc) is 3.26. The van der Waals surface area contributed by atoms with Crippen molar-refractivity contribution < 1.29 is 23.9 Å².